The van der Waals surface area contributed by atoms with Crippen molar-refractivity contribution in [3.63, 3.8) is 0 Å². The van der Waals surface area contributed by atoms with Gasteiger partial charge in [0.05, 0.1) is 5.52 Å². The Labute approximate surface area is 111 Å². The standard InChI is InChI=1S/C16H13NO2/c18-12-17-10-9-14-15(17)7-4-8-16(14)19-11-13-5-2-1-3-6-13/h1-10,12H,11H2. The van der Waals surface area contributed by atoms with E-state index in [1.54, 1.807) is 10.8 Å². The van der Waals surface area contributed by atoms with E-state index in [-0.39, 0.29) is 0 Å². The molecular formula is C16H13NO2. The molecule has 0 aliphatic heterocycles. The normalized spacial score (nSPS) is 10.5. The average molecular weight is 251 g/mol. The summed E-state index contributed by atoms with van der Waals surface area (Å²) in [5.74, 6) is 0.793. The molecule has 3 nitrogen and oxygen atoms in total. The highest BCUT2D eigenvalue weighted by Crippen LogP contribution is 2.26. The number of carbonyl (C=O) groups excluding carboxylic acids is 1. The highest BCUT2D eigenvalue weighted by atomic mass is 16.5. The van der Waals surface area contributed by atoms with Crippen LogP contribution in [0.15, 0.2) is 60.8 Å². The summed E-state index contributed by atoms with van der Waals surface area (Å²) in [6.07, 6.45) is 2.54. The maximum absolute atomic E-state index is 10.9. The molecule has 0 radical (unpaired) electrons. The van der Waals surface area contributed by atoms with E-state index in [4.69, 9.17) is 4.74 Å². The van der Waals surface area contributed by atoms with Crippen molar-refractivity contribution in [1.82, 2.24) is 4.57 Å². The quantitative estimate of drug-likeness (QED) is 0.666. The van der Waals surface area contributed by atoms with E-state index in [1.165, 1.54) is 0 Å². The zero-order chi connectivity index (χ0) is 13.1. The van der Waals surface area contributed by atoms with Gasteiger partial charge in [0.25, 0.3) is 0 Å². The monoisotopic (exact) mass is 251 g/mol. The molecule has 0 bridgehead atoms. The molecule has 0 N–H and O–H groups in total. The minimum atomic E-state index is 0.520. The number of hydrogen-bond donors (Lipinski definition) is 0. The SMILES string of the molecule is O=Cn1ccc2c(OCc3ccccc3)cccc21. The molecule has 0 amide bonds. The Hall–Kier alpha value is -2.55. The first kappa shape index (κ1) is 11.5. The van der Waals surface area contributed by atoms with Crippen LogP contribution in [0.25, 0.3) is 10.9 Å². The van der Waals surface area contributed by atoms with Gasteiger partial charge in [-0.15, -0.1) is 0 Å². The zero-order valence-electron chi connectivity index (χ0n) is 10.3. The maximum atomic E-state index is 10.9. The van der Waals surface area contributed by atoms with E-state index in [2.05, 4.69) is 0 Å². The van der Waals surface area contributed by atoms with Crippen LogP contribution in [0.3, 0.4) is 0 Å². The van der Waals surface area contributed by atoms with E-state index < -0.39 is 0 Å². The van der Waals surface area contributed by atoms with E-state index in [1.807, 2.05) is 54.6 Å². The fraction of sp³-hybridized carbons (Fsp3) is 0.0625. The van der Waals surface area contributed by atoms with Crippen LogP contribution in [0, 0.1) is 0 Å². The van der Waals surface area contributed by atoms with Gasteiger partial charge in [-0.1, -0.05) is 36.4 Å². The van der Waals surface area contributed by atoms with Crippen LogP contribution in [0.1, 0.15) is 5.56 Å². The molecule has 0 fully saturated rings. The fourth-order valence-corrected chi connectivity index (χ4v) is 2.11. The average Bonchev–Trinajstić information content (AvgIpc) is 2.90. The predicted octanol–water partition coefficient (Wildman–Crippen LogP) is 3.26. The number of benzene rings is 2. The molecule has 1 aromatic heterocycles. The van der Waals surface area contributed by atoms with Gasteiger partial charge in [-0.25, -0.2) is 0 Å². The molecule has 3 heteroatoms. The van der Waals surface area contributed by atoms with E-state index in [0.29, 0.717) is 6.61 Å². The van der Waals surface area contributed by atoms with Crippen molar-refractivity contribution in [2.45, 2.75) is 6.61 Å². The highest BCUT2D eigenvalue weighted by molar-refractivity contribution is 5.90. The third kappa shape index (κ3) is 2.22. The number of aromatic nitrogens is 1. The van der Waals surface area contributed by atoms with Gasteiger partial charge in [-0.2, -0.15) is 0 Å². The molecule has 1 heterocycles. The Morgan fingerprint density at radius 2 is 1.84 bits per heavy atom. The number of nitrogens with zero attached hydrogens (tertiary/aromatic N) is 1. The third-order valence-electron chi connectivity index (χ3n) is 3.07. The second kappa shape index (κ2) is 4.98. The number of fused-ring (bicyclic) bond motifs is 1. The van der Waals surface area contributed by atoms with Crippen LogP contribution in [0.2, 0.25) is 0 Å². The van der Waals surface area contributed by atoms with Gasteiger partial charge in [0.15, 0.2) is 0 Å². The second-order valence-electron chi connectivity index (χ2n) is 4.29. The van der Waals surface area contributed by atoms with Gasteiger partial charge in [0, 0.05) is 11.6 Å². The maximum Gasteiger partial charge on any atom is 0.218 e. The number of hydrogen-bond acceptors (Lipinski definition) is 2. The summed E-state index contributed by atoms with van der Waals surface area (Å²) >= 11 is 0. The van der Waals surface area contributed by atoms with Crippen molar-refractivity contribution in [3.05, 3.63) is 66.4 Å². The van der Waals surface area contributed by atoms with Crippen LogP contribution in [-0.4, -0.2) is 11.0 Å². The molecule has 0 saturated carbocycles. The lowest BCUT2D eigenvalue weighted by atomic mass is 10.2. The Kier molecular flexibility index (Phi) is 3.02. The molecule has 0 unspecified atom stereocenters. The van der Waals surface area contributed by atoms with Crippen molar-refractivity contribution in [1.29, 1.82) is 0 Å². The van der Waals surface area contributed by atoms with E-state index >= 15 is 0 Å². The second-order valence-corrected chi connectivity index (χ2v) is 4.29. The largest absolute Gasteiger partial charge is 0.488 e. The van der Waals surface area contributed by atoms with Crippen LogP contribution < -0.4 is 4.74 Å². The Bertz CT molecular complexity index is 701. The van der Waals surface area contributed by atoms with Crippen LogP contribution in [0.5, 0.6) is 5.75 Å². The molecule has 19 heavy (non-hydrogen) atoms. The van der Waals surface area contributed by atoms with Crippen molar-refractivity contribution >= 4 is 17.3 Å². The van der Waals surface area contributed by atoms with Gasteiger partial charge < -0.3 is 4.74 Å². The highest BCUT2D eigenvalue weighted by Gasteiger charge is 2.06. The molecule has 2 aromatic carbocycles. The van der Waals surface area contributed by atoms with Gasteiger partial charge >= 0.3 is 0 Å². The summed E-state index contributed by atoms with van der Waals surface area (Å²) in [5.41, 5.74) is 1.98. The first-order valence-electron chi connectivity index (χ1n) is 6.10. The first-order valence-corrected chi connectivity index (χ1v) is 6.10. The molecule has 0 saturated heterocycles. The van der Waals surface area contributed by atoms with Gasteiger partial charge in [-0.3, -0.25) is 9.36 Å². The minimum absolute atomic E-state index is 0.520. The Balaban J connectivity index is 1.89. The van der Waals surface area contributed by atoms with Gasteiger partial charge in [-0.05, 0) is 23.8 Å². The summed E-state index contributed by atoms with van der Waals surface area (Å²) in [6, 6.07) is 17.6. The van der Waals surface area contributed by atoms with Crippen LogP contribution in [-0.2, 0) is 11.4 Å². The van der Waals surface area contributed by atoms with Crippen molar-refractivity contribution in [3.8, 4) is 5.75 Å². The number of ether oxygens (including phenoxy) is 1. The number of carbonyl (C=O) groups is 1. The predicted molar refractivity (Wildman–Crippen MR) is 74.9 cm³/mol. The fourth-order valence-electron chi connectivity index (χ4n) is 2.11. The van der Waals surface area contributed by atoms with E-state index in [9.17, 15) is 4.79 Å². The molecule has 0 spiro atoms. The summed E-state index contributed by atoms with van der Waals surface area (Å²) < 4.78 is 7.38. The molecule has 3 aromatic rings. The van der Waals surface area contributed by atoms with E-state index in [0.717, 1.165) is 28.6 Å². The zero-order valence-corrected chi connectivity index (χ0v) is 10.3. The topological polar surface area (TPSA) is 31.2 Å². The lowest BCUT2D eigenvalue weighted by molar-refractivity contribution is 0.310. The van der Waals surface area contributed by atoms with Crippen molar-refractivity contribution in [2.24, 2.45) is 0 Å². The van der Waals surface area contributed by atoms with Gasteiger partial charge in [0.2, 0.25) is 6.41 Å². The molecule has 0 atom stereocenters. The summed E-state index contributed by atoms with van der Waals surface area (Å²) in [5, 5.41) is 0.950. The van der Waals surface area contributed by atoms with Crippen molar-refractivity contribution in [2.75, 3.05) is 0 Å². The van der Waals surface area contributed by atoms with Crippen molar-refractivity contribution < 1.29 is 9.53 Å². The third-order valence-corrected chi connectivity index (χ3v) is 3.07. The lowest BCUT2D eigenvalue weighted by Crippen LogP contribution is -1.96. The molecule has 0 aliphatic rings. The minimum Gasteiger partial charge on any atom is -0.488 e. The smallest absolute Gasteiger partial charge is 0.218 e. The Morgan fingerprint density at radius 1 is 1.00 bits per heavy atom. The summed E-state index contributed by atoms with van der Waals surface area (Å²) in [4.78, 5) is 10.9. The van der Waals surface area contributed by atoms with Gasteiger partial charge in [0.1, 0.15) is 12.4 Å². The molecular weight excluding hydrogens is 238 g/mol. The number of rotatable bonds is 4. The lowest BCUT2D eigenvalue weighted by Gasteiger charge is -2.07. The molecule has 94 valence electrons. The molecule has 0 aliphatic carbocycles. The van der Waals surface area contributed by atoms with Crippen LogP contribution in [0.4, 0.5) is 0 Å². The first-order chi connectivity index (χ1) is 9.38. The van der Waals surface area contributed by atoms with Crippen LogP contribution >= 0.6 is 0 Å². The summed E-state index contributed by atoms with van der Waals surface area (Å²) in [7, 11) is 0. The Morgan fingerprint density at radius 3 is 2.63 bits per heavy atom. The summed E-state index contributed by atoms with van der Waals surface area (Å²) in [6.45, 7) is 0.520. The molecule has 3 rings (SSSR count).